The molecule has 0 amide bonds. The lowest BCUT2D eigenvalue weighted by Gasteiger charge is -2.35. The molecule has 0 atom stereocenters. The van der Waals surface area contributed by atoms with E-state index in [1.165, 1.54) is 23.7 Å². The van der Waals surface area contributed by atoms with E-state index in [4.69, 9.17) is 0 Å². The molecule has 0 saturated carbocycles. The lowest BCUT2D eigenvalue weighted by molar-refractivity contribution is -0.139. The zero-order valence-electron chi connectivity index (χ0n) is 19.8. The number of para-hydroxylation sites is 1. The Morgan fingerprint density at radius 2 is 1.57 bits per heavy atom. The third-order valence-electron chi connectivity index (χ3n) is 6.47. The molecule has 2 heterocycles. The minimum absolute atomic E-state index is 0.284. The first-order valence-corrected chi connectivity index (χ1v) is 14.1. The van der Waals surface area contributed by atoms with Gasteiger partial charge in [-0.25, -0.2) is 8.42 Å². The Balaban J connectivity index is 1.24. The van der Waals surface area contributed by atoms with Crippen molar-refractivity contribution in [3.63, 3.8) is 0 Å². The summed E-state index contributed by atoms with van der Waals surface area (Å²) in [6.07, 6.45) is -4.23. The number of aromatic nitrogens is 1. The van der Waals surface area contributed by atoms with Crippen molar-refractivity contribution in [2.24, 2.45) is 0 Å². The van der Waals surface area contributed by atoms with Gasteiger partial charge in [0.15, 0.2) is 0 Å². The highest BCUT2D eigenvalue weighted by atomic mass is 32.2. The lowest BCUT2D eigenvalue weighted by atomic mass is 10.1. The van der Waals surface area contributed by atoms with Crippen molar-refractivity contribution < 1.29 is 21.6 Å². The van der Waals surface area contributed by atoms with Crippen LogP contribution in [-0.4, -0.2) is 50.4 Å². The molecule has 11 heteroatoms. The maximum absolute atomic E-state index is 13.4. The van der Waals surface area contributed by atoms with Crippen molar-refractivity contribution in [1.29, 1.82) is 0 Å². The van der Waals surface area contributed by atoms with Gasteiger partial charge in [-0.1, -0.05) is 42.5 Å². The molecule has 1 fully saturated rings. The predicted octanol–water partition coefficient (Wildman–Crippen LogP) is 5.48. The second kappa shape index (κ2) is 10.3. The van der Waals surface area contributed by atoms with E-state index in [1.807, 2.05) is 12.1 Å². The number of nitrogens with zero attached hydrogens (tertiary/aromatic N) is 3. The van der Waals surface area contributed by atoms with Crippen LogP contribution in [0.2, 0.25) is 0 Å². The number of benzene rings is 3. The average molecular weight is 547 g/mol. The molecule has 1 aliphatic rings. The highest BCUT2D eigenvalue weighted by Crippen LogP contribution is 2.35. The molecule has 1 aromatic heterocycles. The molecular weight excluding hydrogens is 521 g/mol. The zero-order chi connectivity index (χ0) is 26.0. The number of piperazine rings is 1. The van der Waals surface area contributed by atoms with E-state index >= 15 is 0 Å². The van der Waals surface area contributed by atoms with Crippen LogP contribution >= 0.6 is 11.5 Å². The summed E-state index contributed by atoms with van der Waals surface area (Å²) in [5.41, 5.74) is -0.179. The van der Waals surface area contributed by atoms with E-state index in [0.29, 0.717) is 13.0 Å². The first-order valence-electron chi connectivity index (χ1n) is 11.8. The highest BCUT2D eigenvalue weighted by molar-refractivity contribution is 7.92. The van der Waals surface area contributed by atoms with Gasteiger partial charge in [0.05, 0.1) is 20.8 Å². The first kappa shape index (κ1) is 25.5. The largest absolute Gasteiger partial charge is 0.417 e. The molecule has 5 rings (SSSR count). The minimum Gasteiger partial charge on any atom is -0.353 e. The van der Waals surface area contributed by atoms with E-state index in [0.717, 1.165) is 59.8 Å². The quantitative estimate of drug-likeness (QED) is 0.333. The Labute approximate surface area is 217 Å². The Morgan fingerprint density at radius 1 is 0.892 bits per heavy atom. The number of fused-ring (bicyclic) bond motifs is 1. The number of halogens is 3. The first-order chi connectivity index (χ1) is 17.7. The van der Waals surface area contributed by atoms with Crippen LogP contribution in [0, 0.1) is 0 Å². The molecule has 1 saturated heterocycles. The number of alkyl halides is 3. The highest BCUT2D eigenvalue weighted by Gasteiger charge is 2.37. The minimum atomic E-state index is -4.78. The standard InChI is InChI=1S/C26H25F3N4O2S2/c27-26(28,29)21-9-3-6-12-24(21)37(34,35)31-22-10-4-1-7-19(22)13-14-32-15-17-33(18-16-32)25-20-8-2-5-11-23(20)36-30-25/h1-12,31H,13-18H2. The molecule has 194 valence electrons. The number of sulfonamides is 1. The van der Waals surface area contributed by atoms with Crippen molar-refractivity contribution in [2.75, 3.05) is 42.3 Å². The monoisotopic (exact) mass is 546 g/mol. The predicted molar refractivity (Wildman–Crippen MR) is 141 cm³/mol. The fourth-order valence-electron chi connectivity index (χ4n) is 4.54. The number of nitrogens with one attached hydrogen (secondary N) is 1. The van der Waals surface area contributed by atoms with Gasteiger partial charge in [-0.3, -0.25) is 9.62 Å². The summed E-state index contributed by atoms with van der Waals surface area (Å²) in [5, 5.41) is 1.16. The number of rotatable bonds is 7. The lowest BCUT2D eigenvalue weighted by Crippen LogP contribution is -2.47. The van der Waals surface area contributed by atoms with Crippen molar-refractivity contribution in [1.82, 2.24) is 9.27 Å². The average Bonchev–Trinajstić information content (AvgIpc) is 3.32. The van der Waals surface area contributed by atoms with Gasteiger partial charge in [0, 0.05) is 38.1 Å². The Bertz CT molecular complexity index is 1500. The Morgan fingerprint density at radius 3 is 2.35 bits per heavy atom. The van der Waals surface area contributed by atoms with Gasteiger partial charge in [-0.05, 0) is 53.8 Å². The molecule has 37 heavy (non-hydrogen) atoms. The number of anilines is 2. The van der Waals surface area contributed by atoms with Gasteiger partial charge in [0.2, 0.25) is 0 Å². The fraction of sp³-hybridized carbons (Fsp3) is 0.269. The van der Waals surface area contributed by atoms with Crippen LogP contribution in [0.4, 0.5) is 24.7 Å². The Hall–Kier alpha value is -3.15. The molecule has 0 radical (unpaired) electrons. The van der Waals surface area contributed by atoms with Crippen LogP contribution < -0.4 is 9.62 Å². The Kier molecular flexibility index (Phi) is 7.11. The number of hydrogen-bond donors (Lipinski definition) is 1. The van der Waals surface area contributed by atoms with Gasteiger partial charge in [0.25, 0.3) is 10.0 Å². The molecule has 3 aromatic carbocycles. The summed E-state index contributed by atoms with van der Waals surface area (Å²) in [7, 11) is -4.44. The zero-order valence-corrected chi connectivity index (χ0v) is 21.4. The van der Waals surface area contributed by atoms with Crippen LogP contribution in [0.5, 0.6) is 0 Å². The van der Waals surface area contributed by atoms with Crippen molar-refractivity contribution in [2.45, 2.75) is 17.5 Å². The van der Waals surface area contributed by atoms with Crippen molar-refractivity contribution in [3.8, 4) is 0 Å². The van der Waals surface area contributed by atoms with E-state index in [1.54, 1.807) is 24.3 Å². The second-order valence-corrected chi connectivity index (χ2v) is 11.3. The molecule has 1 N–H and O–H groups in total. The molecule has 0 spiro atoms. The van der Waals surface area contributed by atoms with E-state index < -0.39 is 26.7 Å². The van der Waals surface area contributed by atoms with Crippen LogP contribution in [0.25, 0.3) is 10.1 Å². The van der Waals surface area contributed by atoms with E-state index in [9.17, 15) is 21.6 Å². The summed E-state index contributed by atoms with van der Waals surface area (Å²) in [4.78, 5) is 3.80. The van der Waals surface area contributed by atoms with Crippen molar-refractivity contribution in [3.05, 3.63) is 83.9 Å². The third kappa shape index (κ3) is 5.58. The summed E-state index contributed by atoms with van der Waals surface area (Å²) in [5.74, 6) is 1.01. The molecule has 0 aliphatic carbocycles. The van der Waals surface area contributed by atoms with Crippen LogP contribution in [0.1, 0.15) is 11.1 Å². The van der Waals surface area contributed by atoms with Crippen LogP contribution in [0.3, 0.4) is 0 Å². The molecular formula is C26H25F3N4O2S2. The summed E-state index contributed by atoms with van der Waals surface area (Å²) >= 11 is 1.50. The molecule has 4 aromatic rings. The summed E-state index contributed by atoms with van der Waals surface area (Å²) in [6, 6.07) is 19.2. The topological polar surface area (TPSA) is 65.5 Å². The van der Waals surface area contributed by atoms with Crippen LogP contribution in [0.15, 0.2) is 77.7 Å². The maximum Gasteiger partial charge on any atom is 0.417 e. The van der Waals surface area contributed by atoms with Crippen LogP contribution in [-0.2, 0) is 22.6 Å². The van der Waals surface area contributed by atoms with Crippen molar-refractivity contribution >= 4 is 43.1 Å². The molecule has 1 aliphatic heterocycles. The van der Waals surface area contributed by atoms with E-state index in [-0.39, 0.29) is 5.69 Å². The molecule has 6 nitrogen and oxygen atoms in total. The maximum atomic E-state index is 13.4. The molecule has 0 bridgehead atoms. The fourth-order valence-corrected chi connectivity index (χ4v) is 6.66. The van der Waals surface area contributed by atoms with Gasteiger partial charge < -0.3 is 4.90 Å². The SMILES string of the molecule is O=S(=O)(Nc1ccccc1CCN1CCN(c2nsc3ccccc23)CC1)c1ccccc1C(F)(F)F. The molecule has 0 unspecified atom stereocenters. The summed E-state index contributed by atoms with van der Waals surface area (Å²) < 4.78 is 74.3. The summed E-state index contributed by atoms with van der Waals surface area (Å²) in [6.45, 7) is 4.02. The van der Waals surface area contributed by atoms with Gasteiger partial charge in [-0.2, -0.15) is 17.5 Å². The number of hydrogen-bond acceptors (Lipinski definition) is 6. The van der Waals surface area contributed by atoms with Gasteiger partial charge in [-0.15, -0.1) is 0 Å². The second-order valence-electron chi connectivity index (χ2n) is 8.84. The smallest absolute Gasteiger partial charge is 0.353 e. The van der Waals surface area contributed by atoms with Gasteiger partial charge >= 0.3 is 6.18 Å². The normalized spacial score (nSPS) is 15.3. The van der Waals surface area contributed by atoms with Gasteiger partial charge in [0.1, 0.15) is 5.82 Å². The third-order valence-corrected chi connectivity index (χ3v) is 8.71. The van der Waals surface area contributed by atoms with E-state index in [2.05, 4.69) is 31.0 Å².